The molecule has 0 aliphatic carbocycles. The summed E-state index contributed by atoms with van der Waals surface area (Å²) in [6, 6.07) is 15.0. The summed E-state index contributed by atoms with van der Waals surface area (Å²) in [4.78, 5) is 32.9. The molecule has 1 fully saturated rings. The Morgan fingerprint density at radius 2 is 1.79 bits per heavy atom. The third-order valence-corrected chi connectivity index (χ3v) is 7.39. The lowest BCUT2D eigenvalue weighted by atomic mass is 9.98. The standard InChI is InChI=1S/C26H24Cl2N4O2/c1-31(2)17-7-8-32(13-17)26(34)15-4-6-23-18(9-15)19-10-16(11-20(25(29)33)24(19)30-23)14-3-5-21(27)22(28)12-14/h3-6,9-12,17,30H,7-8,13H2,1-2H3,(H2,29,33). The van der Waals surface area contributed by atoms with E-state index in [9.17, 15) is 9.59 Å². The van der Waals surface area contributed by atoms with Crippen LogP contribution in [0, 0.1) is 0 Å². The number of rotatable bonds is 4. The number of likely N-dealkylation sites (N-methyl/N-ethyl adjacent to an activating group) is 1. The van der Waals surface area contributed by atoms with Crippen molar-refractivity contribution in [1.82, 2.24) is 14.8 Å². The van der Waals surface area contributed by atoms with Crippen molar-refractivity contribution in [2.75, 3.05) is 27.2 Å². The summed E-state index contributed by atoms with van der Waals surface area (Å²) in [6.45, 7) is 1.45. The molecule has 0 saturated carbocycles. The third-order valence-electron chi connectivity index (χ3n) is 6.65. The van der Waals surface area contributed by atoms with Gasteiger partial charge in [-0.3, -0.25) is 9.59 Å². The predicted molar refractivity (Wildman–Crippen MR) is 138 cm³/mol. The average molecular weight is 495 g/mol. The maximum Gasteiger partial charge on any atom is 0.253 e. The van der Waals surface area contributed by atoms with Gasteiger partial charge >= 0.3 is 0 Å². The molecular formula is C26H24Cl2N4O2. The Bertz CT molecular complexity index is 1460. The van der Waals surface area contributed by atoms with Crippen LogP contribution in [0.25, 0.3) is 32.9 Å². The van der Waals surface area contributed by atoms with E-state index in [1.165, 1.54) is 0 Å². The number of primary amides is 1. The summed E-state index contributed by atoms with van der Waals surface area (Å²) >= 11 is 12.3. The molecule has 174 valence electrons. The van der Waals surface area contributed by atoms with Crippen LogP contribution in [0.15, 0.2) is 48.5 Å². The molecule has 0 spiro atoms. The highest BCUT2D eigenvalue weighted by Crippen LogP contribution is 2.35. The van der Waals surface area contributed by atoms with Gasteiger partial charge in [0.2, 0.25) is 0 Å². The van der Waals surface area contributed by atoms with Crippen molar-refractivity contribution >= 4 is 56.8 Å². The first kappa shape index (κ1) is 22.7. The summed E-state index contributed by atoms with van der Waals surface area (Å²) in [7, 11) is 4.08. The molecule has 1 saturated heterocycles. The van der Waals surface area contributed by atoms with Crippen molar-refractivity contribution < 1.29 is 9.59 Å². The largest absolute Gasteiger partial charge is 0.366 e. The summed E-state index contributed by atoms with van der Waals surface area (Å²) in [5.41, 5.74) is 9.79. The number of likely N-dealkylation sites (tertiary alicyclic amines) is 1. The van der Waals surface area contributed by atoms with Crippen LogP contribution in [-0.4, -0.2) is 59.8 Å². The van der Waals surface area contributed by atoms with Crippen molar-refractivity contribution in [3.05, 3.63) is 69.7 Å². The first-order valence-corrected chi connectivity index (χ1v) is 11.8. The number of carbonyl (C=O) groups is 2. The topological polar surface area (TPSA) is 82.4 Å². The normalized spacial score (nSPS) is 16.1. The van der Waals surface area contributed by atoms with Crippen LogP contribution < -0.4 is 5.73 Å². The Kier molecular flexibility index (Phi) is 5.76. The quantitative estimate of drug-likeness (QED) is 0.410. The van der Waals surface area contributed by atoms with E-state index >= 15 is 0 Å². The molecule has 0 radical (unpaired) electrons. The minimum Gasteiger partial charge on any atom is -0.366 e. The summed E-state index contributed by atoms with van der Waals surface area (Å²) in [6.07, 6.45) is 0.961. The fourth-order valence-corrected chi connectivity index (χ4v) is 5.00. The SMILES string of the molecule is CN(C)C1CCN(C(=O)c2ccc3[nH]c4c(C(N)=O)cc(-c5ccc(Cl)c(Cl)c5)cc4c3c2)C1. The number of hydrogen-bond acceptors (Lipinski definition) is 3. The minimum atomic E-state index is -0.540. The first-order valence-electron chi connectivity index (χ1n) is 11.0. The van der Waals surface area contributed by atoms with Gasteiger partial charge in [-0.2, -0.15) is 0 Å². The maximum absolute atomic E-state index is 13.2. The molecule has 4 aromatic rings. The van der Waals surface area contributed by atoms with Crippen molar-refractivity contribution in [2.24, 2.45) is 5.73 Å². The van der Waals surface area contributed by atoms with E-state index in [0.717, 1.165) is 40.4 Å². The number of nitrogens with two attached hydrogens (primary N) is 1. The molecule has 1 unspecified atom stereocenters. The van der Waals surface area contributed by atoms with Gasteiger partial charge < -0.3 is 20.5 Å². The van der Waals surface area contributed by atoms with Crippen LogP contribution in [0.3, 0.4) is 0 Å². The molecular weight excluding hydrogens is 471 g/mol. The number of aromatic amines is 1. The van der Waals surface area contributed by atoms with Gasteiger partial charge in [0.05, 0.1) is 21.1 Å². The number of halogens is 2. The van der Waals surface area contributed by atoms with Gasteiger partial charge in [0.25, 0.3) is 11.8 Å². The third kappa shape index (κ3) is 3.92. The van der Waals surface area contributed by atoms with E-state index in [-0.39, 0.29) is 5.91 Å². The average Bonchev–Trinajstić information content (AvgIpc) is 3.44. The van der Waals surface area contributed by atoms with Gasteiger partial charge in [-0.25, -0.2) is 0 Å². The summed E-state index contributed by atoms with van der Waals surface area (Å²) < 4.78 is 0. The van der Waals surface area contributed by atoms with Crippen molar-refractivity contribution in [2.45, 2.75) is 12.5 Å². The highest BCUT2D eigenvalue weighted by molar-refractivity contribution is 6.42. The van der Waals surface area contributed by atoms with Crippen molar-refractivity contribution in [3.8, 4) is 11.1 Å². The Morgan fingerprint density at radius 3 is 2.47 bits per heavy atom. The second kappa shape index (κ2) is 8.62. The number of carbonyl (C=O) groups excluding carboxylic acids is 2. The van der Waals surface area contributed by atoms with Gasteiger partial charge in [0, 0.05) is 41.0 Å². The smallest absolute Gasteiger partial charge is 0.253 e. The molecule has 6 nitrogen and oxygen atoms in total. The molecule has 1 aliphatic heterocycles. The number of amides is 2. The fourth-order valence-electron chi connectivity index (χ4n) is 4.70. The molecule has 2 heterocycles. The van der Waals surface area contributed by atoms with E-state index in [1.54, 1.807) is 18.2 Å². The highest BCUT2D eigenvalue weighted by Gasteiger charge is 2.28. The molecule has 3 N–H and O–H groups in total. The van der Waals surface area contributed by atoms with E-state index in [2.05, 4.69) is 9.88 Å². The van der Waals surface area contributed by atoms with E-state index < -0.39 is 5.91 Å². The molecule has 5 rings (SSSR count). The Balaban J connectivity index is 1.63. The van der Waals surface area contributed by atoms with Gasteiger partial charge in [0.15, 0.2) is 0 Å². The van der Waals surface area contributed by atoms with Crippen LogP contribution in [0.1, 0.15) is 27.1 Å². The summed E-state index contributed by atoms with van der Waals surface area (Å²) in [5.74, 6) is -0.530. The highest BCUT2D eigenvalue weighted by atomic mass is 35.5. The number of nitrogens with one attached hydrogen (secondary N) is 1. The molecule has 1 aromatic heterocycles. The number of aromatic nitrogens is 1. The van der Waals surface area contributed by atoms with Crippen LogP contribution in [0.5, 0.6) is 0 Å². The van der Waals surface area contributed by atoms with Gasteiger partial charge in [-0.15, -0.1) is 0 Å². The molecule has 34 heavy (non-hydrogen) atoms. The van der Waals surface area contributed by atoms with Crippen molar-refractivity contribution in [3.63, 3.8) is 0 Å². The van der Waals surface area contributed by atoms with E-state index in [1.807, 2.05) is 49.3 Å². The molecule has 1 aliphatic rings. The van der Waals surface area contributed by atoms with Crippen LogP contribution in [0.4, 0.5) is 0 Å². The molecule has 2 amide bonds. The van der Waals surface area contributed by atoms with Crippen LogP contribution >= 0.6 is 23.2 Å². The predicted octanol–water partition coefficient (Wildman–Crippen LogP) is 5.17. The van der Waals surface area contributed by atoms with E-state index in [0.29, 0.717) is 39.3 Å². The lowest BCUT2D eigenvalue weighted by Crippen LogP contribution is -2.34. The van der Waals surface area contributed by atoms with Crippen LogP contribution in [0.2, 0.25) is 10.0 Å². The zero-order valence-electron chi connectivity index (χ0n) is 18.9. The number of H-pyrrole nitrogens is 1. The molecule has 8 heteroatoms. The molecule has 0 bridgehead atoms. The molecule has 3 aromatic carbocycles. The van der Waals surface area contributed by atoms with Crippen molar-refractivity contribution in [1.29, 1.82) is 0 Å². The monoisotopic (exact) mass is 494 g/mol. The number of benzene rings is 3. The second-order valence-corrected chi connectivity index (χ2v) is 9.80. The number of hydrogen-bond donors (Lipinski definition) is 2. The summed E-state index contributed by atoms with van der Waals surface area (Å²) in [5, 5.41) is 2.55. The maximum atomic E-state index is 13.2. The minimum absolute atomic E-state index is 0.0105. The fraction of sp³-hybridized carbons (Fsp3) is 0.231. The molecule has 1 atom stereocenters. The van der Waals surface area contributed by atoms with E-state index in [4.69, 9.17) is 28.9 Å². The second-order valence-electron chi connectivity index (χ2n) is 8.98. The van der Waals surface area contributed by atoms with Gasteiger partial charge in [0.1, 0.15) is 0 Å². The lowest BCUT2D eigenvalue weighted by Gasteiger charge is -2.20. The zero-order chi connectivity index (χ0) is 24.1. The Morgan fingerprint density at radius 1 is 1.00 bits per heavy atom. The van der Waals surface area contributed by atoms with Gasteiger partial charge in [-0.05, 0) is 74.1 Å². The Labute approximate surface area is 207 Å². The first-order chi connectivity index (χ1) is 16.2. The Hall–Kier alpha value is -3.06. The lowest BCUT2D eigenvalue weighted by molar-refractivity contribution is 0.0783. The van der Waals surface area contributed by atoms with Gasteiger partial charge in [-0.1, -0.05) is 29.3 Å². The number of nitrogens with zero attached hydrogens (tertiary/aromatic N) is 2. The van der Waals surface area contributed by atoms with Crippen LogP contribution in [-0.2, 0) is 0 Å². The zero-order valence-corrected chi connectivity index (χ0v) is 20.4. The number of fused-ring (bicyclic) bond motifs is 3.